The molecule has 1 fully saturated rings. The summed E-state index contributed by atoms with van der Waals surface area (Å²) in [6, 6.07) is 12.1. The minimum absolute atomic E-state index is 0.207. The van der Waals surface area contributed by atoms with Crippen molar-refractivity contribution < 1.29 is 22.9 Å². The van der Waals surface area contributed by atoms with Crippen LogP contribution in [-0.2, 0) is 11.0 Å². The number of piperazine rings is 1. The van der Waals surface area contributed by atoms with Crippen LogP contribution in [0.3, 0.4) is 0 Å². The van der Waals surface area contributed by atoms with Gasteiger partial charge in [0.05, 0.1) is 31.7 Å². The van der Waals surface area contributed by atoms with Crippen LogP contribution in [0.15, 0.2) is 48.5 Å². The second-order valence-electron chi connectivity index (χ2n) is 6.52. The van der Waals surface area contributed by atoms with Crippen LogP contribution in [0.25, 0.3) is 0 Å². The molecule has 0 spiro atoms. The zero-order chi connectivity index (χ0) is 19.4. The molecule has 1 saturated heterocycles. The zero-order valence-electron chi connectivity index (χ0n) is 14.5. The molecule has 4 nitrogen and oxygen atoms in total. The lowest BCUT2D eigenvalue weighted by molar-refractivity contribution is -0.892. The van der Waals surface area contributed by atoms with E-state index in [1.807, 2.05) is 24.3 Å². The molecule has 0 radical (unpaired) electrons. The van der Waals surface area contributed by atoms with Crippen LogP contribution >= 0.6 is 11.6 Å². The maximum atomic E-state index is 12.6. The monoisotopic (exact) mass is 398 g/mol. The highest BCUT2D eigenvalue weighted by Gasteiger charge is 2.30. The predicted octanol–water partition coefficient (Wildman–Crippen LogP) is 2.70. The Morgan fingerprint density at radius 1 is 1.11 bits per heavy atom. The van der Waals surface area contributed by atoms with Crippen LogP contribution in [0, 0.1) is 0 Å². The molecule has 0 unspecified atom stereocenters. The predicted molar refractivity (Wildman–Crippen MR) is 99.3 cm³/mol. The van der Waals surface area contributed by atoms with Gasteiger partial charge in [0.25, 0.3) is 5.91 Å². The van der Waals surface area contributed by atoms with E-state index >= 15 is 0 Å². The quantitative estimate of drug-likeness (QED) is 0.831. The van der Waals surface area contributed by atoms with E-state index < -0.39 is 11.7 Å². The lowest BCUT2D eigenvalue weighted by Gasteiger charge is -2.33. The molecule has 0 atom stereocenters. The van der Waals surface area contributed by atoms with Crippen LogP contribution in [-0.4, -0.2) is 38.6 Å². The SMILES string of the molecule is O=C(C[NH+]1CCN(c2cccc(Cl)c2)CC1)Nc1ccc(C(F)(F)F)cc1. The summed E-state index contributed by atoms with van der Waals surface area (Å²) in [4.78, 5) is 15.5. The Morgan fingerprint density at radius 2 is 1.78 bits per heavy atom. The number of carbonyl (C=O) groups excluding carboxylic acids is 1. The average Bonchev–Trinajstić information content (AvgIpc) is 2.62. The Bertz CT molecular complexity index is 788. The molecule has 1 amide bonds. The maximum absolute atomic E-state index is 12.6. The largest absolute Gasteiger partial charge is 0.416 e. The molecule has 8 heteroatoms. The number of nitrogens with one attached hydrogen (secondary N) is 2. The van der Waals surface area contributed by atoms with Crippen LogP contribution in [0.5, 0.6) is 0 Å². The number of alkyl halides is 3. The van der Waals surface area contributed by atoms with Gasteiger partial charge in [-0.3, -0.25) is 4.79 Å². The van der Waals surface area contributed by atoms with E-state index in [1.54, 1.807) is 0 Å². The Labute approximate surface area is 160 Å². The van der Waals surface area contributed by atoms with Gasteiger partial charge in [-0.2, -0.15) is 13.2 Å². The summed E-state index contributed by atoms with van der Waals surface area (Å²) in [6.07, 6.45) is -4.38. The topological polar surface area (TPSA) is 36.8 Å². The molecule has 1 aliphatic rings. The summed E-state index contributed by atoms with van der Waals surface area (Å²) in [7, 11) is 0. The van der Waals surface area contributed by atoms with Gasteiger partial charge in [0.15, 0.2) is 6.54 Å². The summed E-state index contributed by atoms with van der Waals surface area (Å²) in [5, 5.41) is 3.35. The van der Waals surface area contributed by atoms with Crippen molar-refractivity contribution in [2.24, 2.45) is 0 Å². The second kappa shape index (κ2) is 8.19. The number of hydrogen-bond donors (Lipinski definition) is 2. The van der Waals surface area contributed by atoms with Gasteiger partial charge in [0.1, 0.15) is 0 Å². The number of carbonyl (C=O) groups is 1. The number of rotatable bonds is 4. The third kappa shape index (κ3) is 5.37. The number of nitrogens with zero attached hydrogens (tertiary/aromatic N) is 1. The summed E-state index contributed by atoms with van der Waals surface area (Å²) in [5.41, 5.74) is 0.698. The van der Waals surface area contributed by atoms with Crippen molar-refractivity contribution in [1.82, 2.24) is 0 Å². The van der Waals surface area contributed by atoms with Gasteiger partial charge in [-0.15, -0.1) is 0 Å². The third-order valence-electron chi connectivity index (χ3n) is 4.55. The molecule has 3 rings (SSSR count). The molecule has 2 N–H and O–H groups in total. The van der Waals surface area contributed by atoms with Crippen molar-refractivity contribution in [3.63, 3.8) is 0 Å². The van der Waals surface area contributed by atoms with Gasteiger partial charge >= 0.3 is 6.18 Å². The van der Waals surface area contributed by atoms with Crippen molar-refractivity contribution >= 4 is 28.9 Å². The highest BCUT2D eigenvalue weighted by molar-refractivity contribution is 6.30. The van der Waals surface area contributed by atoms with Gasteiger partial charge < -0.3 is 15.1 Å². The Balaban J connectivity index is 1.48. The second-order valence-corrected chi connectivity index (χ2v) is 6.95. The summed E-state index contributed by atoms with van der Waals surface area (Å²) in [5.74, 6) is -0.207. The third-order valence-corrected chi connectivity index (χ3v) is 4.79. The summed E-state index contributed by atoms with van der Waals surface area (Å²) < 4.78 is 37.7. The van der Waals surface area contributed by atoms with E-state index in [1.165, 1.54) is 12.1 Å². The molecule has 1 aliphatic heterocycles. The highest BCUT2D eigenvalue weighted by atomic mass is 35.5. The normalized spacial score (nSPS) is 15.6. The van der Waals surface area contributed by atoms with E-state index in [4.69, 9.17) is 11.6 Å². The van der Waals surface area contributed by atoms with Crippen molar-refractivity contribution in [3.8, 4) is 0 Å². The van der Waals surface area contributed by atoms with Crippen molar-refractivity contribution in [3.05, 3.63) is 59.1 Å². The van der Waals surface area contributed by atoms with Crippen molar-refractivity contribution in [2.45, 2.75) is 6.18 Å². The first-order valence-corrected chi connectivity index (χ1v) is 9.00. The lowest BCUT2D eigenvalue weighted by atomic mass is 10.2. The van der Waals surface area contributed by atoms with E-state index in [0.717, 1.165) is 48.9 Å². The number of benzene rings is 2. The smallest absolute Gasteiger partial charge is 0.360 e. The van der Waals surface area contributed by atoms with Crippen LogP contribution in [0.2, 0.25) is 5.02 Å². The minimum atomic E-state index is -4.38. The summed E-state index contributed by atoms with van der Waals surface area (Å²) in [6.45, 7) is 3.50. The number of quaternary nitrogens is 1. The van der Waals surface area contributed by atoms with Gasteiger partial charge in [-0.1, -0.05) is 17.7 Å². The van der Waals surface area contributed by atoms with Gasteiger partial charge in [0, 0.05) is 16.4 Å². The molecule has 0 aromatic heterocycles. The van der Waals surface area contributed by atoms with Crippen LogP contribution in [0.4, 0.5) is 24.5 Å². The molecule has 0 aliphatic carbocycles. The molecule has 0 saturated carbocycles. The first-order valence-electron chi connectivity index (χ1n) is 8.62. The maximum Gasteiger partial charge on any atom is 0.416 e. The van der Waals surface area contributed by atoms with E-state index in [-0.39, 0.29) is 12.5 Å². The Kier molecular flexibility index (Phi) is 5.92. The number of amides is 1. The number of hydrogen-bond acceptors (Lipinski definition) is 2. The Hall–Kier alpha value is -2.25. The number of halogens is 4. The van der Waals surface area contributed by atoms with Crippen LogP contribution in [0.1, 0.15) is 5.56 Å². The molecular formula is C19H20ClF3N3O+. The fourth-order valence-corrected chi connectivity index (χ4v) is 3.29. The Morgan fingerprint density at radius 3 is 2.37 bits per heavy atom. The van der Waals surface area contributed by atoms with E-state index in [0.29, 0.717) is 10.7 Å². The van der Waals surface area contributed by atoms with E-state index in [2.05, 4.69) is 10.2 Å². The average molecular weight is 399 g/mol. The van der Waals surface area contributed by atoms with Gasteiger partial charge in [0.2, 0.25) is 0 Å². The zero-order valence-corrected chi connectivity index (χ0v) is 15.3. The molecule has 2 aromatic rings. The molecule has 2 aromatic carbocycles. The van der Waals surface area contributed by atoms with Crippen LogP contribution < -0.4 is 15.1 Å². The van der Waals surface area contributed by atoms with E-state index in [9.17, 15) is 18.0 Å². The van der Waals surface area contributed by atoms with Crippen molar-refractivity contribution in [2.75, 3.05) is 42.9 Å². The summed E-state index contributed by atoms with van der Waals surface area (Å²) >= 11 is 6.03. The minimum Gasteiger partial charge on any atom is -0.360 e. The fraction of sp³-hybridized carbons (Fsp3) is 0.316. The molecule has 144 valence electrons. The standard InChI is InChI=1S/C19H19ClF3N3O/c20-15-2-1-3-17(12-15)26-10-8-25(9-11-26)13-18(27)24-16-6-4-14(5-7-16)19(21,22)23/h1-7,12H,8-11,13H2,(H,24,27)/p+1. The highest BCUT2D eigenvalue weighted by Crippen LogP contribution is 2.29. The number of anilines is 2. The van der Waals surface area contributed by atoms with Crippen molar-refractivity contribution in [1.29, 1.82) is 0 Å². The first-order chi connectivity index (χ1) is 12.8. The van der Waals surface area contributed by atoms with Gasteiger partial charge in [-0.25, -0.2) is 0 Å². The lowest BCUT2D eigenvalue weighted by Crippen LogP contribution is -3.15. The molecular weight excluding hydrogens is 379 g/mol. The molecule has 0 bridgehead atoms. The molecule has 1 heterocycles. The van der Waals surface area contributed by atoms with Gasteiger partial charge in [-0.05, 0) is 42.5 Å². The molecule has 27 heavy (non-hydrogen) atoms. The fourth-order valence-electron chi connectivity index (χ4n) is 3.11. The first kappa shape index (κ1) is 19.5.